The van der Waals surface area contributed by atoms with Crippen LogP contribution in [0.2, 0.25) is 5.02 Å². The van der Waals surface area contributed by atoms with Gasteiger partial charge in [0, 0.05) is 11.6 Å². The van der Waals surface area contributed by atoms with E-state index in [9.17, 15) is 9.18 Å². The van der Waals surface area contributed by atoms with Crippen LogP contribution in [0.1, 0.15) is 10.4 Å². The number of nitrogens with zero attached hydrogens (tertiary/aromatic N) is 2. The third-order valence-electron chi connectivity index (χ3n) is 3.75. The Bertz CT molecular complexity index is 995. The van der Waals surface area contributed by atoms with Crippen molar-refractivity contribution in [2.24, 2.45) is 0 Å². The first-order valence-electron chi connectivity index (χ1n) is 7.59. The summed E-state index contributed by atoms with van der Waals surface area (Å²) >= 11 is 6.25. The lowest BCUT2D eigenvalue weighted by molar-refractivity contribution is 0.102. The van der Waals surface area contributed by atoms with E-state index < -0.39 is 11.7 Å². The summed E-state index contributed by atoms with van der Waals surface area (Å²) in [5.41, 5.74) is 1.05. The van der Waals surface area contributed by atoms with Gasteiger partial charge in [0.1, 0.15) is 5.82 Å². The fourth-order valence-electron chi connectivity index (χ4n) is 2.47. The Kier molecular flexibility index (Phi) is 4.14. The minimum atomic E-state index is -0.610. The van der Waals surface area contributed by atoms with Gasteiger partial charge < -0.3 is 14.8 Å². The van der Waals surface area contributed by atoms with Crippen LogP contribution < -0.4 is 14.8 Å². The molecule has 8 heteroatoms. The molecule has 0 atom stereocenters. The van der Waals surface area contributed by atoms with Crippen LogP contribution in [0.15, 0.2) is 48.8 Å². The highest BCUT2D eigenvalue weighted by molar-refractivity contribution is 6.33. The number of halogens is 2. The highest BCUT2D eigenvalue weighted by Crippen LogP contribution is 2.40. The first-order valence-corrected chi connectivity index (χ1v) is 7.97. The van der Waals surface area contributed by atoms with E-state index in [1.807, 2.05) is 0 Å². The third kappa shape index (κ3) is 3.04. The molecule has 0 aliphatic carbocycles. The number of ether oxygens (including phenoxy) is 2. The normalized spacial score (nSPS) is 12.1. The van der Waals surface area contributed by atoms with Gasteiger partial charge in [0.15, 0.2) is 17.3 Å². The Morgan fingerprint density at radius 2 is 1.88 bits per heavy atom. The molecule has 0 spiro atoms. The minimum absolute atomic E-state index is 0.0720. The van der Waals surface area contributed by atoms with Crippen LogP contribution >= 0.6 is 11.6 Å². The van der Waals surface area contributed by atoms with Gasteiger partial charge in [0.2, 0.25) is 6.79 Å². The van der Waals surface area contributed by atoms with Gasteiger partial charge in [0.05, 0.1) is 28.7 Å². The van der Waals surface area contributed by atoms with Gasteiger partial charge in [-0.2, -0.15) is 0 Å². The van der Waals surface area contributed by atoms with E-state index in [1.165, 1.54) is 30.6 Å². The largest absolute Gasteiger partial charge is 0.454 e. The molecule has 26 heavy (non-hydrogen) atoms. The van der Waals surface area contributed by atoms with Gasteiger partial charge in [-0.25, -0.2) is 9.37 Å². The van der Waals surface area contributed by atoms with Crippen molar-refractivity contribution in [1.29, 1.82) is 0 Å². The van der Waals surface area contributed by atoms with E-state index in [1.54, 1.807) is 18.2 Å². The molecule has 0 bridgehead atoms. The van der Waals surface area contributed by atoms with E-state index in [-0.39, 0.29) is 18.2 Å². The number of amides is 1. The summed E-state index contributed by atoms with van der Waals surface area (Å²) in [6.45, 7) is 0.141. The van der Waals surface area contributed by atoms with Crippen LogP contribution in [0.3, 0.4) is 0 Å². The second kappa shape index (κ2) is 6.61. The molecule has 130 valence electrons. The summed E-state index contributed by atoms with van der Waals surface area (Å²) in [5.74, 6) is 0.121. The van der Waals surface area contributed by atoms with Gasteiger partial charge in [0.25, 0.3) is 5.91 Å². The third-order valence-corrected chi connectivity index (χ3v) is 4.06. The number of carbonyl (C=O) groups excluding carboxylic acids is 1. The molecule has 0 fully saturated rings. The lowest BCUT2D eigenvalue weighted by Gasteiger charge is -2.08. The number of benzene rings is 2. The lowest BCUT2D eigenvalue weighted by Crippen LogP contribution is -2.14. The van der Waals surface area contributed by atoms with E-state index >= 15 is 0 Å². The molecule has 0 unspecified atom stereocenters. The Morgan fingerprint density at radius 3 is 2.62 bits per heavy atom. The number of carbonyl (C=O) groups is 1. The average molecular weight is 372 g/mol. The van der Waals surface area contributed by atoms with Crippen LogP contribution in [0.4, 0.5) is 10.2 Å². The smallest absolute Gasteiger partial charge is 0.259 e. The number of nitrogens with one attached hydrogen (secondary N) is 1. The zero-order chi connectivity index (χ0) is 18.1. The van der Waals surface area contributed by atoms with Crippen molar-refractivity contribution in [3.05, 3.63) is 65.2 Å². The van der Waals surface area contributed by atoms with Crippen molar-refractivity contribution >= 4 is 23.3 Å². The number of hydrogen-bond donors (Lipinski definition) is 1. The van der Waals surface area contributed by atoms with Crippen molar-refractivity contribution in [2.75, 3.05) is 12.1 Å². The summed E-state index contributed by atoms with van der Waals surface area (Å²) in [7, 11) is 0. The molecule has 1 aliphatic heterocycles. The zero-order valence-electron chi connectivity index (χ0n) is 13.2. The maximum atomic E-state index is 13.6. The molecule has 0 saturated carbocycles. The maximum absolute atomic E-state index is 13.6. The summed E-state index contributed by atoms with van der Waals surface area (Å²) in [4.78, 5) is 20.5. The number of aromatic nitrogens is 2. The second-order valence-corrected chi connectivity index (χ2v) is 5.81. The van der Waals surface area contributed by atoms with Crippen molar-refractivity contribution in [3.63, 3.8) is 0 Å². The van der Waals surface area contributed by atoms with Crippen molar-refractivity contribution < 1.29 is 18.7 Å². The van der Waals surface area contributed by atoms with Gasteiger partial charge in [-0.15, -0.1) is 0 Å². The Labute approximate surface area is 152 Å². The molecule has 3 aromatic rings. The molecule has 0 saturated heterocycles. The summed E-state index contributed by atoms with van der Waals surface area (Å²) in [6.07, 6.45) is 2.83. The molecule has 1 aromatic heterocycles. The maximum Gasteiger partial charge on any atom is 0.259 e. The molecule has 2 aromatic carbocycles. The van der Waals surface area contributed by atoms with E-state index in [4.69, 9.17) is 21.1 Å². The molecular weight excluding hydrogens is 361 g/mol. The Hall–Kier alpha value is -3.19. The fraction of sp³-hybridized carbons (Fsp3) is 0.0556. The van der Waals surface area contributed by atoms with Crippen LogP contribution in [0.25, 0.3) is 11.3 Å². The quantitative estimate of drug-likeness (QED) is 0.755. The molecule has 1 amide bonds. The summed E-state index contributed by atoms with van der Waals surface area (Å²) < 4.78 is 24.2. The van der Waals surface area contributed by atoms with Crippen molar-refractivity contribution in [1.82, 2.24) is 9.97 Å². The lowest BCUT2D eigenvalue weighted by atomic mass is 10.1. The van der Waals surface area contributed by atoms with Gasteiger partial charge in [-0.05, 0) is 18.2 Å². The standard InChI is InChI=1S/C18H11ClFN3O3/c19-12-6-16-15(25-9-26-16)5-11(12)14-7-22-17(8-21-14)23-18(24)10-3-1-2-4-13(10)20/h1-8H,9H2,(H,22,23,24). The first kappa shape index (κ1) is 16.3. The molecular formula is C18H11ClFN3O3. The number of fused-ring (bicyclic) bond motifs is 1. The Balaban J connectivity index is 1.56. The molecule has 0 radical (unpaired) electrons. The highest BCUT2D eigenvalue weighted by Gasteiger charge is 2.18. The SMILES string of the molecule is O=C(Nc1cnc(-c2cc3c(cc2Cl)OCO3)cn1)c1ccccc1F. The van der Waals surface area contributed by atoms with E-state index in [0.29, 0.717) is 27.8 Å². The molecule has 4 rings (SSSR count). The Morgan fingerprint density at radius 1 is 1.12 bits per heavy atom. The monoisotopic (exact) mass is 371 g/mol. The van der Waals surface area contributed by atoms with E-state index in [2.05, 4.69) is 15.3 Å². The number of anilines is 1. The van der Waals surface area contributed by atoms with Gasteiger partial charge >= 0.3 is 0 Å². The first-order chi connectivity index (χ1) is 12.6. The van der Waals surface area contributed by atoms with Crippen LogP contribution in [-0.2, 0) is 0 Å². The summed E-state index contributed by atoms with van der Waals surface area (Å²) in [6, 6.07) is 9.05. The molecule has 2 heterocycles. The molecule has 1 N–H and O–H groups in total. The molecule has 6 nitrogen and oxygen atoms in total. The highest BCUT2D eigenvalue weighted by atomic mass is 35.5. The van der Waals surface area contributed by atoms with Crippen LogP contribution in [0.5, 0.6) is 11.5 Å². The average Bonchev–Trinajstić information content (AvgIpc) is 3.09. The predicted molar refractivity (Wildman–Crippen MR) is 93.0 cm³/mol. The zero-order valence-corrected chi connectivity index (χ0v) is 14.0. The van der Waals surface area contributed by atoms with Crippen LogP contribution in [-0.4, -0.2) is 22.7 Å². The van der Waals surface area contributed by atoms with E-state index in [0.717, 1.165) is 0 Å². The van der Waals surface area contributed by atoms with Crippen molar-refractivity contribution in [2.45, 2.75) is 0 Å². The minimum Gasteiger partial charge on any atom is -0.454 e. The second-order valence-electron chi connectivity index (χ2n) is 5.41. The van der Waals surface area contributed by atoms with Crippen molar-refractivity contribution in [3.8, 4) is 22.8 Å². The predicted octanol–water partition coefficient (Wildman–Crippen LogP) is 3.92. The van der Waals surface area contributed by atoms with Gasteiger partial charge in [-0.3, -0.25) is 9.78 Å². The summed E-state index contributed by atoms with van der Waals surface area (Å²) in [5, 5.41) is 2.94. The number of hydrogen-bond acceptors (Lipinski definition) is 5. The molecule has 1 aliphatic rings. The van der Waals surface area contributed by atoms with Crippen LogP contribution in [0, 0.1) is 5.82 Å². The topological polar surface area (TPSA) is 73.3 Å². The number of rotatable bonds is 3. The fourth-order valence-corrected chi connectivity index (χ4v) is 2.72. The van der Waals surface area contributed by atoms with Gasteiger partial charge in [-0.1, -0.05) is 23.7 Å².